The predicted octanol–water partition coefficient (Wildman–Crippen LogP) is 1.76. The number of nitrogens with one attached hydrogen (secondary N) is 1. The SMILES string of the molecule is CCNc1ncnc(N2CCOC(C#N)C2)c1C(C)C. The van der Waals surface area contributed by atoms with E-state index in [2.05, 4.69) is 40.1 Å². The van der Waals surface area contributed by atoms with Crippen LogP contribution in [-0.4, -0.2) is 42.3 Å². The zero-order valence-corrected chi connectivity index (χ0v) is 12.3. The third-order valence-corrected chi connectivity index (χ3v) is 3.29. The molecule has 6 heteroatoms. The molecule has 108 valence electrons. The third kappa shape index (κ3) is 2.99. The highest BCUT2D eigenvalue weighted by Gasteiger charge is 2.25. The van der Waals surface area contributed by atoms with Crippen LogP contribution in [0.5, 0.6) is 0 Å². The normalized spacial score (nSPS) is 18.9. The molecule has 2 heterocycles. The van der Waals surface area contributed by atoms with Crippen LogP contribution < -0.4 is 10.2 Å². The molecule has 0 amide bonds. The van der Waals surface area contributed by atoms with Gasteiger partial charge in [0.25, 0.3) is 0 Å². The first-order valence-electron chi connectivity index (χ1n) is 7.02. The number of nitrogens with zero attached hydrogens (tertiary/aromatic N) is 4. The topological polar surface area (TPSA) is 74.1 Å². The van der Waals surface area contributed by atoms with Crippen LogP contribution in [0.15, 0.2) is 6.33 Å². The average molecular weight is 275 g/mol. The fourth-order valence-electron chi connectivity index (χ4n) is 2.40. The van der Waals surface area contributed by atoms with Crippen LogP contribution in [0.25, 0.3) is 0 Å². The Morgan fingerprint density at radius 3 is 3.00 bits per heavy atom. The number of hydrogen-bond acceptors (Lipinski definition) is 6. The van der Waals surface area contributed by atoms with E-state index in [4.69, 9.17) is 10.00 Å². The van der Waals surface area contributed by atoms with Crippen molar-refractivity contribution in [3.05, 3.63) is 11.9 Å². The van der Waals surface area contributed by atoms with E-state index < -0.39 is 0 Å². The predicted molar refractivity (Wildman–Crippen MR) is 77.9 cm³/mol. The number of anilines is 2. The lowest BCUT2D eigenvalue weighted by Gasteiger charge is -2.33. The highest BCUT2D eigenvalue weighted by molar-refractivity contribution is 5.60. The Hall–Kier alpha value is -1.87. The van der Waals surface area contributed by atoms with Gasteiger partial charge in [-0.15, -0.1) is 0 Å². The highest BCUT2D eigenvalue weighted by atomic mass is 16.5. The van der Waals surface area contributed by atoms with Crippen molar-refractivity contribution in [2.75, 3.05) is 36.5 Å². The number of nitriles is 1. The van der Waals surface area contributed by atoms with E-state index in [0.717, 1.165) is 30.3 Å². The Labute approximate surface area is 119 Å². The summed E-state index contributed by atoms with van der Waals surface area (Å²) in [5, 5.41) is 12.3. The van der Waals surface area contributed by atoms with E-state index in [1.807, 2.05) is 6.92 Å². The van der Waals surface area contributed by atoms with Crippen LogP contribution in [0.1, 0.15) is 32.3 Å². The lowest BCUT2D eigenvalue weighted by atomic mass is 10.0. The maximum absolute atomic E-state index is 9.03. The summed E-state index contributed by atoms with van der Waals surface area (Å²) in [6, 6.07) is 2.17. The summed E-state index contributed by atoms with van der Waals surface area (Å²) < 4.78 is 5.40. The summed E-state index contributed by atoms with van der Waals surface area (Å²) in [6.45, 7) is 8.98. The van der Waals surface area contributed by atoms with E-state index >= 15 is 0 Å². The van der Waals surface area contributed by atoms with Crippen molar-refractivity contribution in [3.8, 4) is 6.07 Å². The van der Waals surface area contributed by atoms with Crippen LogP contribution in [0, 0.1) is 11.3 Å². The number of aromatic nitrogens is 2. The van der Waals surface area contributed by atoms with Crippen LogP contribution in [0.3, 0.4) is 0 Å². The van der Waals surface area contributed by atoms with Crippen LogP contribution >= 0.6 is 0 Å². The quantitative estimate of drug-likeness (QED) is 0.902. The molecule has 1 fully saturated rings. The molecule has 0 aliphatic carbocycles. The molecular formula is C14H21N5O. The molecule has 1 unspecified atom stereocenters. The minimum absolute atomic E-state index is 0.309. The summed E-state index contributed by atoms with van der Waals surface area (Å²) >= 11 is 0. The van der Waals surface area contributed by atoms with Crippen LogP contribution in [-0.2, 0) is 4.74 Å². The molecule has 0 bridgehead atoms. The Morgan fingerprint density at radius 2 is 2.35 bits per heavy atom. The first-order valence-corrected chi connectivity index (χ1v) is 7.02. The molecule has 1 aromatic heterocycles. The Morgan fingerprint density at radius 1 is 1.55 bits per heavy atom. The van der Waals surface area contributed by atoms with E-state index in [1.54, 1.807) is 6.33 Å². The van der Waals surface area contributed by atoms with Gasteiger partial charge in [0.15, 0.2) is 6.10 Å². The molecule has 2 rings (SSSR count). The molecule has 1 atom stereocenters. The molecule has 6 nitrogen and oxygen atoms in total. The summed E-state index contributed by atoms with van der Waals surface area (Å²) in [5.41, 5.74) is 1.10. The lowest BCUT2D eigenvalue weighted by Crippen LogP contribution is -2.42. The second-order valence-electron chi connectivity index (χ2n) is 5.08. The zero-order valence-electron chi connectivity index (χ0n) is 12.3. The molecule has 1 N–H and O–H groups in total. The van der Waals surface area contributed by atoms with Gasteiger partial charge in [0, 0.05) is 18.7 Å². The Bertz CT molecular complexity index is 497. The van der Waals surface area contributed by atoms with Gasteiger partial charge in [0.05, 0.1) is 19.2 Å². The molecule has 0 saturated carbocycles. The number of ether oxygens (including phenoxy) is 1. The number of hydrogen-bond donors (Lipinski definition) is 1. The monoisotopic (exact) mass is 275 g/mol. The first kappa shape index (κ1) is 14.5. The molecule has 1 aliphatic rings. The van der Waals surface area contributed by atoms with E-state index in [9.17, 15) is 0 Å². The van der Waals surface area contributed by atoms with Gasteiger partial charge >= 0.3 is 0 Å². The maximum atomic E-state index is 9.03. The fourth-order valence-corrected chi connectivity index (χ4v) is 2.40. The van der Waals surface area contributed by atoms with E-state index in [0.29, 0.717) is 19.1 Å². The van der Waals surface area contributed by atoms with Crippen molar-refractivity contribution < 1.29 is 4.74 Å². The average Bonchev–Trinajstić information content (AvgIpc) is 2.47. The largest absolute Gasteiger partial charge is 0.370 e. The second-order valence-corrected chi connectivity index (χ2v) is 5.08. The summed E-state index contributed by atoms with van der Waals surface area (Å²) in [7, 11) is 0. The summed E-state index contributed by atoms with van der Waals surface area (Å²) in [4.78, 5) is 10.9. The van der Waals surface area contributed by atoms with Crippen LogP contribution in [0.2, 0.25) is 0 Å². The Balaban J connectivity index is 2.35. The highest BCUT2D eigenvalue weighted by Crippen LogP contribution is 2.31. The van der Waals surface area contributed by atoms with Crippen molar-refractivity contribution in [1.29, 1.82) is 5.26 Å². The van der Waals surface area contributed by atoms with Gasteiger partial charge < -0.3 is 15.0 Å². The van der Waals surface area contributed by atoms with Gasteiger partial charge in [-0.05, 0) is 12.8 Å². The summed E-state index contributed by atoms with van der Waals surface area (Å²) in [6.07, 6.45) is 1.19. The molecule has 0 spiro atoms. The molecular weight excluding hydrogens is 254 g/mol. The van der Waals surface area contributed by atoms with Crippen molar-refractivity contribution >= 4 is 11.6 Å². The zero-order chi connectivity index (χ0) is 14.5. The van der Waals surface area contributed by atoms with Gasteiger partial charge in [0.1, 0.15) is 18.0 Å². The third-order valence-electron chi connectivity index (χ3n) is 3.29. The minimum atomic E-state index is -0.388. The smallest absolute Gasteiger partial charge is 0.161 e. The fraction of sp³-hybridized carbons (Fsp3) is 0.643. The van der Waals surface area contributed by atoms with E-state index in [1.165, 1.54) is 0 Å². The molecule has 1 saturated heterocycles. The molecule has 20 heavy (non-hydrogen) atoms. The maximum Gasteiger partial charge on any atom is 0.161 e. The first-order chi connectivity index (χ1) is 9.67. The molecule has 0 aromatic carbocycles. The van der Waals surface area contributed by atoms with Crippen LogP contribution in [0.4, 0.5) is 11.6 Å². The molecule has 0 radical (unpaired) electrons. The van der Waals surface area contributed by atoms with Gasteiger partial charge in [-0.3, -0.25) is 0 Å². The van der Waals surface area contributed by atoms with Crippen molar-refractivity contribution in [3.63, 3.8) is 0 Å². The van der Waals surface area contributed by atoms with Crippen molar-refractivity contribution in [1.82, 2.24) is 9.97 Å². The lowest BCUT2D eigenvalue weighted by molar-refractivity contribution is 0.0760. The Kier molecular flexibility index (Phi) is 4.74. The number of rotatable bonds is 4. The van der Waals surface area contributed by atoms with Gasteiger partial charge in [-0.2, -0.15) is 5.26 Å². The summed E-state index contributed by atoms with van der Waals surface area (Å²) in [5.74, 6) is 2.10. The van der Waals surface area contributed by atoms with Gasteiger partial charge in [-0.1, -0.05) is 13.8 Å². The second kappa shape index (κ2) is 6.53. The molecule has 1 aromatic rings. The van der Waals surface area contributed by atoms with Gasteiger partial charge in [-0.25, -0.2) is 9.97 Å². The standard InChI is InChI=1S/C14H21N5O/c1-4-16-13-12(10(2)3)14(18-9-17-13)19-5-6-20-11(7-15)8-19/h9-11H,4-6,8H2,1-3H3,(H,16,17,18). The van der Waals surface area contributed by atoms with E-state index in [-0.39, 0.29) is 6.10 Å². The van der Waals surface area contributed by atoms with Crippen molar-refractivity contribution in [2.24, 2.45) is 0 Å². The molecule has 1 aliphatic heterocycles. The van der Waals surface area contributed by atoms with Gasteiger partial charge in [0.2, 0.25) is 0 Å². The minimum Gasteiger partial charge on any atom is -0.370 e. The van der Waals surface area contributed by atoms with Crippen molar-refractivity contribution in [2.45, 2.75) is 32.8 Å². The number of morpholine rings is 1.